The number of carbonyl (C=O) groups is 1. The Hall–Kier alpha value is -1.68. The van der Waals surface area contributed by atoms with E-state index in [0.29, 0.717) is 11.6 Å². The molecule has 4 heteroatoms. The number of aromatic nitrogens is 1. The van der Waals surface area contributed by atoms with Gasteiger partial charge in [-0.1, -0.05) is 18.2 Å². The minimum absolute atomic E-state index is 0.00676. The normalized spacial score (nSPS) is 13.3. The van der Waals surface area contributed by atoms with Crippen LogP contribution in [0.15, 0.2) is 23.6 Å². The minimum Gasteiger partial charge on any atom is -0.302 e. The molecule has 1 N–H and O–H groups in total. The molecular formula is C15H16N2OS. The van der Waals surface area contributed by atoms with E-state index in [1.54, 1.807) is 0 Å². The Morgan fingerprint density at radius 2 is 2.21 bits per heavy atom. The SMILES string of the molecule is Cc1csc(NC(=O)Cc2ccc3c(c2)CCC3)n1. The summed E-state index contributed by atoms with van der Waals surface area (Å²) in [6.45, 7) is 1.92. The van der Waals surface area contributed by atoms with Gasteiger partial charge in [0.15, 0.2) is 5.13 Å². The number of thiazole rings is 1. The molecule has 1 aromatic carbocycles. The molecule has 0 fully saturated rings. The van der Waals surface area contributed by atoms with Crippen LogP contribution in [0.3, 0.4) is 0 Å². The number of anilines is 1. The van der Waals surface area contributed by atoms with Crippen molar-refractivity contribution in [1.29, 1.82) is 0 Å². The first-order chi connectivity index (χ1) is 9.20. The molecule has 0 unspecified atom stereocenters. The van der Waals surface area contributed by atoms with Crippen LogP contribution in [0.5, 0.6) is 0 Å². The number of carbonyl (C=O) groups excluding carboxylic acids is 1. The standard InChI is InChI=1S/C15H16N2OS/c1-10-9-19-15(16-10)17-14(18)8-11-5-6-12-3-2-4-13(12)7-11/h5-7,9H,2-4,8H2,1H3,(H,16,17,18). The largest absolute Gasteiger partial charge is 0.302 e. The molecule has 98 valence electrons. The Kier molecular flexibility index (Phi) is 3.34. The van der Waals surface area contributed by atoms with Crippen molar-refractivity contribution < 1.29 is 4.79 Å². The van der Waals surface area contributed by atoms with E-state index < -0.39 is 0 Å². The van der Waals surface area contributed by atoms with Crippen molar-refractivity contribution in [2.24, 2.45) is 0 Å². The first-order valence-electron chi connectivity index (χ1n) is 6.53. The number of hydrogen-bond acceptors (Lipinski definition) is 3. The van der Waals surface area contributed by atoms with Crippen LogP contribution in [0.2, 0.25) is 0 Å². The summed E-state index contributed by atoms with van der Waals surface area (Å²) in [7, 11) is 0. The number of amides is 1. The second-order valence-electron chi connectivity index (χ2n) is 4.98. The highest BCUT2D eigenvalue weighted by Gasteiger charge is 2.12. The van der Waals surface area contributed by atoms with E-state index in [0.717, 1.165) is 17.7 Å². The molecule has 1 aliphatic rings. The summed E-state index contributed by atoms with van der Waals surface area (Å²) in [5.41, 5.74) is 4.89. The van der Waals surface area contributed by atoms with Gasteiger partial charge in [-0.15, -0.1) is 11.3 Å². The van der Waals surface area contributed by atoms with Crippen molar-refractivity contribution in [1.82, 2.24) is 4.98 Å². The van der Waals surface area contributed by atoms with Gasteiger partial charge in [-0.2, -0.15) is 0 Å². The van der Waals surface area contributed by atoms with Gasteiger partial charge in [-0.25, -0.2) is 4.98 Å². The number of rotatable bonds is 3. The number of aryl methyl sites for hydroxylation is 3. The Bertz CT molecular complexity index is 618. The summed E-state index contributed by atoms with van der Waals surface area (Å²) >= 11 is 1.47. The molecule has 0 spiro atoms. The van der Waals surface area contributed by atoms with Gasteiger partial charge in [0.2, 0.25) is 5.91 Å². The summed E-state index contributed by atoms with van der Waals surface area (Å²) in [6, 6.07) is 6.41. The predicted octanol–water partition coefficient (Wildman–Crippen LogP) is 3.12. The maximum atomic E-state index is 11.9. The zero-order valence-electron chi connectivity index (χ0n) is 10.9. The van der Waals surface area contributed by atoms with E-state index in [2.05, 4.69) is 28.5 Å². The summed E-state index contributed by atoms with van der Waals surface area (Å²) in [4.78, 5) is 16.2. The smallest absolute Gasteiger partial charge is 0.230 e. The number of hydrogen-bond donors (Lipinski definition) is 1. The Balaban J connectivity index is 1.66. The second kappa shape index (κ2) is 5.13. The maximum Gasteiger partial charge on any atom is 0.230 e. The zero-order chi connectivity index (χ0) is 13.2. The van der Waals surface area contributed by atoms with Crippen LogP contribution in [0.4, 0.5) is 5.13 Å². The Morgan fingerprint density at radius 3 is 3.00 bits per heavy atom. The molecular weight excluding hydrogens is 256 g/mol. The Labute approximate surface area is 116 Å². The Morgan fingerprint density at radius 1 is 1.37 bits per heavy atom. The fourth-order valence-corrected chi connectivity index (χ4v) is 3.20. The highest BCUT2D eigenvalue weighted by Crippen LogP contribution is 2.23. The lowest BCUT2D eigenvalue weighted by Crippen LogP contribution is -2.14. The molecule has 0 atom stereocenters. The molecule has 0 aliphatic heterocycles. The van der Waals surface area contributed by atoms with Crippen molar-refractivity contribution in [2.75, 3.05) is 5.32 Å². The van der Waals surface area contributed by atoms with Gasteiger partial charge in [0, 0.05) is 5.38 Å². The predicted molar refractivity (Wildman–Crippen MR) is 77.7 cm³/mol. The molecule has 19 heavy (non-hydrogen) atoms. The van der Waals surface area contributed by atoms with Crippen LogP contribution in [0.1, 0.15) is 28.8 Å². The molecule has 1 amide bonds. The maximum absolute atomic E-state index is 11.9. The highest BCUT2D eigenvalue weighted by atomic mass is 32.1. The summed E-state index contributed by atoms with van der Waals surface area (Å²) < 4.78 is 0. The third-order valence-corrected chi connectivity index (χ3v) is 4.27. The average molecular weight is 272 g/mol. The van der Waals surface area contributed by atoms with Gasteiger partial charge in [-0.3, -0.25) is 4.79 Å². The summed E-state index contributed by atoms with van der Waals surface area (Å²) in [5.74, 6) is 0.00676. The van der Waals surface area contributed by atoms with E-state index in [-0.39, 0.29) is 5.91 Å². The topological polar surface area (TPSA) is 42.0 Å². The average Bonchev–Trinajstić information content (AvgIpc) is 2.97. The van der Waals surface area contributed by atoms with Gasteiger partial charge in [0.25, 0.3) is 0 Å². The van der Waals surface area contributed by atoms with E-state index in [9.17, 15) is 4.79 Å². The molecule has 2 aromatic rings. The highest BCUT2D eigenvalue weighted by molar-refractivity contribution is 7.13. The van der Waals surface area contributed by atoms with Gasteiger partial charge in [0.05, 0.1) is 12.1 Å². The first kappa shape index (κ1) is 12.4. The lowest BCUT2D eigenvalue weighted by atomic mass is 10.0. The van der Waals surface area contributed by atoms with Crippen LogP contribution in [-0.4, -0.2) is 10.9 Å². The van der Waals surface area contributed by atoms with Crippen LogP contribution < -0.4 is 5.32 Å². The lowest BCUT2D eigenvalue weighted by Gasteiger charge is -2.05. The molecule has 0 saturated heterocycles. The lowest BCUT2D eigenvalue weighted by molar-refractivity contribution is -0.115. The fourth-order valence-electron chi connectivity index (χ4n) is 2.50. The monoisotopic (exact) mass is 272 g/mol. The van der Waals surface area contributed by atoms with Gasteiger partial charge < -0.3 is 5.32 Å². The van der Waals surface area contributed by atoms with E-state index in [1.165, 1.54) is 35.3 Å². The van der Waals surface area contributed by atoms with Gasteiger partial charge in [0.1, 0.15) is 0 Å². The molecule has 3 rings (SSSR count). The van der Waals surface area contributed by atoms with Crippen LogP contribution in [0, 0.1) is 6.92 Å². The molecule has 1 aliphatic carbocycles. The molecule has 1 aromatic heterocycles. The molecule has 0 saturated carbocycles. The van der Waals surface area contributed by atoms with E-state index in [4.69, 9.17) is 0 Å². The van der Waals surface area contributed by atoms with Crippen LogP contribution >= 0.6 is 11.3 Å². The van der Waals surface area contributed by atoms with E-state index in [1.807, 2.05) is 12.3 Å². The van der Waals surface area contributed by atoms with Crippen molar-refractivity contribution in [3.05, 3.63) is 46.0 Å². The van der Waals surface area contributed by atoms with E-state index >= 15 is 0 Å². The van der Waals surface area contributed by atoms with Gasteiger partial charge in [-0.05, 0) is 42.9 Å². The zero-order valence-corrected chi connectivity index (χ0v) is 11.7. The quantitative estimate of drug-likeness (QED) is 0.932. The van der Waals surface area contributed by atoms with Crippen LogP contribution in [0.25, 0.3) is 0 Å². The van der Waals surface area contributed by atoms with Crippen molar-refractivity contribution in [3.8, 4) is 0 Å². The number of fused-ring (bicyclic) bond motifs is 1. The fraction of sp³-hybridized carbons (Fsp3) is 0.333. The molecule has 1 heterocycles. The minimum atomic E-state index is 0.00676. The summed E-state index contributed by atoms with van der Waals surface area (Å²) in [6.07, 6.45) is 3.99. The second-order valence-corrected chi connectivity index (χ2v) is 5.83. The van der Waals surface area contributed by atoms with Gasteiger partial charge >= 0.3 is 0 Å². The van der Waals surface area contributed by atoms with Crippen LogP contribution in [-0.2, 0) is 24.1 Å². The third kappa shape index (κ3) is 2.84. The number of nitrogens with zero attached hydrogens (tertiary/aromatic N) is 1. The molecule has 3 nitrogen and oxygen atoms in total. The molecule has 0 bridgehead atoms. The number of benzene rings is 1. The molecule has 0 radical (unpaired) electrons. The number of nitrogens with one attached hydrogen (secondary N) is 1. The third-order valence-electron chi connectivity index (χ3n) is 3.39. The summed E-state index contributed by atoms with van der Waals surface area (Å²) in [5, 5.41) is 5.47. The van der Waals surface area contributed by atoms with Crippen molar-refractivity contribution in [2.45, 2.75) is 32.6 Å². The van der Waals surface area contributed by atoms with Crippen molar-refractivity contribution >= 4 is 22.4 Å². The first-order valence-corrected chi connectivity index (χ1v) is 7.41. The van der Waals surface area contributed by atoms with Crippen molar-refractivity contribution in [3.63, 3.8) is 0 Å².